The fraction of sp³-hybridized carbons (Fsp3) is 0.150. The minimum atomic E-state index is -0.716. The van der Waals surface area contributed by atoms with Crippen LogP contribution in [0.3, 0.4) is 0 Å². The quantitative estimate of drug-likeness (QED) is 0.533. The average Bonchev–Trinajstić information content (AvgIpc) is 3.21. The average molecular weight is 376 g/mol. The van der Waals surface area contributed by atoms with Crippen molar-refractivity contribution >= 4 is 16.7 Å². The highest BCUT2D eigenvalue weighted by molar-refractivity contribution is 5.86. The zero-order valence-corrected chi connectivity index (χ0v) is 15.0. The van der Waals surface area contributed by atoms with Gasteiger partial charge in [0.1, 0.15) is 0 Å². The summed E-state index contributed by atoms with van der Waals surface area (Å²) in [6.45, 7) is 1.65. The number of nitrogens with one attached hydrogen (secondary N) is 1. The van der Waals surface area contributed by atoms with E-state index in [-0.39, 0.29) is 17.9 Å². The molecule has 1 N–H and O–H groups in total. The van der Waals surface area contributed by atoms with Gasteiger partial charge in [0.15, 0.2) is 6.10 Å². The van der Waals surface area contributed by atoms with Crippen LogP contribution in [0.4, 0.5) is 0 Å². The largest absolute Gasteiger partial charge is 0.452 e. The maximum absolute atomic E-state index is 12.4. The molecule has 0 aliphatic carbocycles. The fourth-order valence-electron chi connectivity index (χ4n) is 2.83. The monoisotopic (exact) mass is 376 g/mol. The van der Waals surface area contributed by atoms with Crippen LogP contribution in [0.5, 0.6) is 0 Å². The summed E-state index contributed by atoms with van der Waals surface area (Å²) in [4.78, 5) is 24.2. The molecule has 8 heteroatoms. The zero-order chi connectivity index (χ0) is 19.5. The molecule has 1 atom stereocenters. The second-order valence-electron chi connectivity index (χ2n) is 6.17. The van der Waals surface area contributed by atoms with Gasteiger partial charge in [-0.25, -0.2) is 5.10 Å². The third-order valence-corrected chi connectivity index (χ3v) is 4.20. The van der Waals surface area contributed by atoms with Crippen molar-refractivity contribution in [3.63, 3.8) is 0 Å². The van der Waals surface area contributed by atoms with Gasteiger partial charge in [0.25, 0.3) is 11.4 Å². The van der Waals surface area contributed by atoms with Gasteiger partial charge in [0.2, 0.25) is 5.89 Å². The molecule has 4 rings (SSSR count). The molecular weight excluding hydrogens is 360 g/mol. The van der Waals surface area contributed by atoms with Crippen LogP contribution in [0.15, 0.2) is 63.8 Å². The fourth-order valence-corrected chi connectivity index (χ4v) is 2.83. The topological polar surface area (TPSA) is 111 Å². The lowest BCUT2D eigenvalue weighted by molar-refractivity contribution is -0.148. The summed E-state index contributed by atoms with van der Waals surface area (Å²) in [5, 5.41) is 15.4. The van der Waals surface area contributed by atoms with Gasteiger partial charge in [-0.2, -0.15) is 5.10 Å². The molecule has 0 aliphatic rings. The van der Waals surface area contributed by atoms with E-state index in [0.717, 1.165) is 5.56 Å². The molecule has 8 nitrogen and oxygen atoms in total. The lowest BCUT2D eigenvalue weighted by atomic mass is 10.1. The Morgan fingerprint density at radius 3 is 2.57 bits per heavy atom. The van der Waals surface area contributed by atoms with Gasteiger partial charge in [-0.1, -0.05) is 36.4 Å². The molecule has 0 saturated heterocycles. The van der Waals surface area contributed by atoms with E-state index >= 15 is 0 Å². The van der Waals surface area contributed by atoms with Crippen LogP contribution < -0.4 is 5.56 Å². The molecule has 4 aromatic rings. The van der Waals surface area contributed by atoms with Gasteiger partial charge >= 0.3 is 5.97 Å². The van der Waals surface area contributed by atoms with E-state index in [1.807, 2.05) is 30.3 Å². The van der Waals surface area contributed by atoms with Gasteiger partial charge < -0.3 is 9.15 Å². The van der Waals surface area contributed by atoms with E-state index < -0.39 is 12.1 Å². The molecule has 2 aromatic carbocycles. The Morgan fingerprint density at radius 2 is 1.79 bits per heavy atom. The van der Waals surface area contributed by atoms with Gasteiger partial charge in [-0.05, 0) is 25.1 Å². The summed E-state index contributed by atoms with van der Waals surface area (Å²) in [6, 6.07) is 16.3. The van der Waals surface area contributed by atoms with E-state index in [1.54, 1.807) is 31.2 Å². The number of fused-ring (bicyclic) bond motifs is 1. The van der Waals surface area contributed by atoms with Crippen molar-refractivity contribution in [2.24, 2.45) is 0 Å². The second-order valence-corrected chi connectivity index (χ2v) is 6.17. The maximum atomic E-state index is 12.4. The number of benzene rings is 2. The molecular formula is C20H16N4O4. The predicted molar refractivity (Wildman–Crippen MR) is 100 cm³/mol. The van der Waals surface area contributed by atoms with Crippen molar-refractivity contribution in [1.82, 2.24) is 20.4 Å². The van der Waals surface area contributed by atoms with Crippen molar-refractivity contribution in [3.8, 4) is 11.5 Å². The number of carbonyl (C=O) groups excluding carboxylic acids is 1. The molecule has 0 radical (unpaired) electrons. The van der Waals surface area contributed by atoms with Crippen LogP contribution in [0, 0.1) is 0 Å². The number of hydrogen-bond acceptors (Lipinski definition) is 7. The van der Waals surface area contributed by atoms with Crippen LogP contribution in [0.25, 0.3) is 22.2 Å². The molecule has 2 aromatic heterocycles. The van der Waals surface area contributed by atoms with Crippen molar-refractivity contribution < 1.29 is 13.9 Å². The number of nitrogens with zero attached hydrogens (tertiary/aromatic N) is 3. The van der Waals surface area contributed by atoms with Gasteiger partial charge in [-0.3, -0.25) is 9.59 Å². The highest BCUT2D eigenvalue weighted by Gasteiger charge is 2.20. The molecule has 0 saturated carbocycles. The van der Waals surface area contributed by atoms with Gasteiger partial charge in [0.05, 0.1) is 17.5 Å². The normalized spacial score (nSPS) is 12.0. The van der Waals surface area contributed by atoms with Crippen molar-refractivity contribution in [2.75, 3.05) is 0 Å². The summed E-state index contributed by atoms with van der Waals surface area (Å²) in [5.41, 5.74) is 0.909. The molecule has 0 fully saturated rings. The molecule has 0 unspecified atom stereocenters. The number of carbonyl (C=O) groups is 1. The third kappa shape index (κ3) is 3.52. The van der Waals surface area contributed by atoms with Crippen molar-refractivity contribution in [1.29, 1.82) is 0 Å². The first-order valence-corrected chi connectivity index (χ1v) is 8.66. The molecule has 140 valence electrons. The van der Waals surface area contributed by atoms with Crippen LogP contribution in [-0.2, 0) is 16.0 Å². The number of ether oxygens (including phenoxy) is 1. The first kappa shape index (κ1) is 17.6. The Hall–Kier alpha value is -3.81. The van der Waals surface area contributed by atoms with E-state index in [2.05, 4.69) is 20.4 Å². The summed E-state index contributed by atoms with van der Waals surface area (Å²) in [5.74, 6) is 0.0370. The molecule has 28 heavy (non-hydrogen) atoms. The van der Waals surface area contributed by atoms with E-state index in [1.165, 1.54) is 0 Å². The standard InChI is InChI=1S/C20H16N4O4/c1-12(19-23-24-20(28-19)13-7-3-2-4-8-13)27-17(25)11-16-14-9-5-6-10-15(14)18(26)22-21-16/h2-10,12H,11H2,1H3,(H,22,26)/t12-/m0/s1. The van der Waals surface area contributed by atoms with Crippen LogP contribution in [0.1, 0.15) is 24.6 Å². The molecule has 0 aliphatic heterocycles. The maximum Gasteiger partial charge on any atom is 0.312 e. The second kappa shape index (κ2) is 7.43. The zero-order valence-electron chi connectivity index (χ0n) is 15.0. The van der Waals surface area contributed by atoms with Gasteiger partial charge in [0, 0.05) is 10.9 Å². The number of aromatic amines is 1. The lowest BCUT2D eigenvalue weighted by Crippen LogP contribution is -2.16. The Labute approximate surface area is 159 Å². The highest BCUT2D eigenvalue weighted by Crippen LogP contribution is 2.22. The number of hydrogen-bond donors (Lipinski definition) is 1. The Bertz CT molecular complexity index is 1180. The first-order valence-electron chi connectivity index (χ1n) is 8.66. The van der Waals surface area contributed by atoms with Crippen LogP contribution in [-0.4, -0.2) is 26.4 Å². The van der Waals surface area contributed by atoms with Gasteiger partial charge in [-0.15, -0.1) is 10.2 Å². The van der Waals surface area contributed by atoms with E-state index in [0.29, 0.717) is 22.4 Å². The number of rotatable bonds is 5. The lowest BCUT2D eigenvalue weighted by Gasteiger charge is -2.10. The summed E-state index contributed by atoms with van der Waals surface area (Å²) in [6.07, 6.45) is -0.812. The number of esters is 1. The summed E-state index contributed by atoms with van der Waals surface area (Å²) in [7, 11) is 0. The van der Waals surface area contributed by atoms with Crippen LogP contribution >= 0.6 is 0 Å². The number of aromatic nitrogens is 4. The number of H-pyrrole nitrogens is 1. The highest BCUT2D eigenvalue weighted by atomic mass is 16.6. The minimum absolute atomic E-state index is 0.0959. The van der Waals surface area contributed by atoms with Crippen LogP contribution in [0.2, 0.25) is 0 Å². The Kier molecular flexibility index (Phi) is 4.67. The smallest absolute Gasteiger partial charge is 0.312 e. The Balaban J connectivity index is 1.48. The molecule has 0 amide bonds. The predicted octanol–water partition coefficient (Wildman–Crippen LogP) is 2.82. The van der Waals surface area contributed by atoms with Crippen molar-refractivity contribution in [2.45, 2.75) is 19.4 Å². The molecule has 0 bridgehead atoms. The summed E-state index contributed by atoms with van der Waals surface area (Å²) >= 11 is 0. The molecule has 2 heterocycles. The Morgan fingerprint density at radius 1 is 1.07 bits per heavy atom. The van der Waals surface area contributed by atoms with E-state index in [9.17, 15) is 9.59 Å². The summed E-state index contributed by atoms with van der Waals surface area (Å²) < 4.78 is 11.0. The molecule has 0 spiro atoms. The first-order chi connectivity index (χ1) is 13.6. The SMILES string of the molecule is C[C@H](OC(=O)Cc1n[nH]c(=O)c2ccccc12)c1nnc(-c2ccccc2)o1. The minimum Gasteiger partial charge on any atom is -0.452 e. The van der Waals surface area contributed by atoms with E-state index in [4.69, 9.17) is 9.15 Å². The third-order valence-electron chi connectivity index (χ3n) is 4.20. The van der Waals surface area contributed by atoms with Crippen molar-refractivity contribution in [3.05, 3.63) is 76.5 Å².